The molecule has 0 fully saturated rings. The van der Waals surface area contributed by atoms with Crippen LogP contribution in [0.1, 0.15) is 6.42 Å². The normalized spacial score (nSPS) is 10.7. The number of hydrogen-bond acceptors (Lipinski definition) is 3. The molecule has 0 unspecified atom stereocenters. The summed E-state index contributed by atoms with van der Waals surface area (Å²) in [6.45, 7) is 1.41. The summed E-state index contributed by atoms with van der Waals surface area (Å²) >= 11 is 17.6. The second-order valence-corrected chi connectivity index (χ2v) is 5.71. The van der Waals surface area contributed by atoms with Gasteiger partial charge in [0.2, 0.25) is 0 Å². The highest BCUT2D eigenvalue weighted by Gasteiger charge is 2.09. The molecule has 0 aliphatic heterocycles. The molecule has 0 aliphatic rings. The van der Waals surface area contributed by atoms with Gasteiger partial charge in [-0.25, -0.2) is 0 Å². The monoisotopic (exact) mass is 338 g/mol. The number of halogens is 3. The number of amides is 1. The third-order valence-electron chi connectivity index (χ3n) is 2.44. The quantitative estimate of drug-likeness (QED) is 0.613. The van der Waals surface area contributed by atoms with Gasteiger partial charge >= 0.3 is 0 Å². The lowest BCUT2D eigenvalue weighted by Gasteiger charge is -2.11. The molecule has 0 aromatic heterocycles. The lowest BCUT2D eigenvalue weighted by atomic mass is 10.3. The van der Waals surface area contributed by atoms with Crippen LogP contribution in [0, 0.1) is 0 Å². The fourth-order valence-electron chi connectivity index (χ4n) is 1.43. The van der Waals surface area contributed by atoms with Gasteiger partial charge in [-0.3, -0.25) is 4.79 Å². The average Bonchev–Trinajstić information content (AvgIpc) is 2.37. The van der Waals surface area contributed by atoms with Crippen LogP contribution in [-0.4, -0.2) is 44.6 Å². The molecule has 0 atom stereocenters. The first-order chi connectivity index (χ1) is 9.40. The number of hydrogen-bond donors (Lipinski definition) is 1. The minimum Gasteiger partial charge on any atom is -0.482 e. The number of nitrogens with one attached hydrogen (secondary N) is 1. The molecule has 1 aromatic rings. The van der Waals surface area contributed by atoms with Crippen molar-refractivity contribution in [2.24, 2.45) is 0 Å². The van der Waals surface area contributed by atoms with E-state index < -0.39 is 0 Å². The Morgan fingerprint density at radius 2 is 1.85 bits per heavy atom. The first-order valence-electron chi connectivity index (χ1n) is 6.09. The van der Waals surface area contributed by atoms with Crippen LogP contribution in [0.2, 0.25) is 15.1 Å². The molecule has 1 N–H and O–H groups in total. The lowest BCUT2D eigenvalue weighted by Crippen LogP contribution is -2.31. The van der Waals surface area contributed by atoms with Gasteiger partial charge in [-0.15, -0.1) is 0 Å². The highest BCUT2D eigenvalue weighted by molar-refractivity contribution is 6.43. The molecule has 1 aromatic carbocycles. The van der Waals surface area contributed by atoms with Crippen molar-refractivity contribution in [3.63, 3.8) is 0 Å². The molecule has 7 heteroatoms. The third-order valence-corrected chi connectivity index (χ3v) is 3.46. The van der Waals surface area contributed by atoms with Gasteiger partial charge in [-0.1, -0.05) is 34.8 Å². The van der Waals surface area contributed by atoms with Gasteiger partial charge in [0.1, 0.15) is 5.75 Å². The minimum atomic E-state index is -0.203. The van der Waals surface area contributed by atoms with Gasteiger partial charge in [-0.2, -0.15) is 0 Å². The van der Waals surface area contributed by atoms with Gasteiger partial charge < -0.3 is 15.0 Å². The van der Waals surface area contributed by atoms with E-state index >= 15 is 0 Å². The maximum absolute atomic E-state index is 11.6. The van der Waals surface area contributed by atoms with E-state index in [9.17, 15) is 4.79 Å². The zero-order valence-electron chi connectivity index (χ0n) is 11.4. The molecule has 4 nitrogen and oxygen atoms in total. The molecular formula is C13H17Cl3N2O2. The molecule has 0 spiro atoms. The van der Waals surface area contributed by atoms with E-state index in [1.807, 2.05) is 14.1 Å². The molecule has 0 radical (unpaired) electrons. The maximum Gasteiger partial charge on any atom is 0.257 e. The summed E-state index contributed by atoms with van der Waals surface area (Å²) in [6, 6.07) is 2.97. The van der Waals surface area contributed by atoms with E-state index in [1.54, 1.807) is 0 Å². The predicted molar refractivity (Wildman–Crippen MR) is 83.1 cm³/mol. The zero-order chi connectivity index (χ0) is 15.1. The van der Waals surface area contributed by atoms with Gasteiger partial charge in [0.25, 0.3) is 5.91 Å². The van der Waals surface area contributed by atoms with Crippen LogP contribution in [0.4, 0.5) is 0 Å². The molecule has 1 amide bonds. The van der Waals surface area contributed by atoms with E-state index in [4.69, 9.17) is 39.5 Å². The van der Waals surface area contributed by atoms with Crippen LogP contribution >= 0.6 is 34.8 Å². The van der Waals surface area contributed by atoms with Crippen molar-refractivity contribution in [3.8, 4) is 5.75 Å². The molecule has 0 aliphatic carbocycles. The molecule has 0 heterocycles. The Kier molecular flexibility index (Phi) is 7.45. The molecule has 20 heavy (non-hydrogen) atoms. The Morgan fingerprint density at radius 3 is 2.50 bits per heavy atom. The fraction of sp³-hybridized carbons (Fsp3) is 0.462. The largest absolute Gasteiger partial charge is 0.482 e. The fourth-order valence-corrected chi connectivity index (χ4v) is 2.02. The second kappa shape index (κ2) is 8.57. The zero-order valence-corrected chi connectivity index (χ0v) is 13.6. The minimum absolute atomic E-state index is 0.111. The predicted octanol–water partition coefficient (Wildman–Crippen LogP) is 3.09. The topological polar surface area (TPSA) is 41.6 Å². The summed E-state index contributed by atoms with van der Waals surface area (Å²) in [5.41, 5.74) is 0. The lowest BCUT2D eigenvalue weighted by molar-refractivity contribution is -0.123. The van der Waals surface area contributed by atoms with Crippen LogP contribution in [0.25, 0.3) is 0 Å². The summed E-state index contributed by atoms with van der Waals surface area (Å²) < 4.78 is 5.32. The van der Waals surface area contributed by atoms with Crippen molar-refractivity contribution in [2.45, 2.75) is 6.42 Å². The van der Waals surface area contributed by atoms with E-state index in [0.717, 1.165) is 13.0 Å². The maximum atomic E-state index is 11.6. The number of carbonyl (C=O) groups is 1. The Morgan fingerprint density at radius 1 is 1.20 bits per heavy atom. The summed E-state index contributed by atoms with van der Waals surface area (Å²) in [6.07, 6.45) is 0.881. The summed E-state index contributed by atoms with van der Waals surface area (Å²) in [5, 5.41) is 3.76. The van der Waals surface area contributed by atoms with Gasteiger partial charge in [0.05, 0.1) is 15.1 Å². The highest BCUT2D eigenvalue weighted by Crippen LogP contribution is 2.33. The van der Waals surface area contributed by atoms with Crippen molar-refractivity contribution < 1.29 is 9.53 Å². The molecule has 1 rings (SSSR count). The van der Waals surface area contributed by atoms with Crippen LogP contribution in [0.3, 0.4) is 0 Å². The van der Waals surface area contributed by atoms with Gasteiger partial charge in [-0.05, 0) is 33.1 Å². The number of benzene rings is 1. The van der Waals surface area contributed by atoms with Crippen molar-refractivity contribution in [3.05, 3.63) is 27.2 Å². The van der Waals surface area contributed by atoms with Crippen molar-refractivity contribution in [1.82, 2.24) is 10.2 Å². The van der Waals surface area contributed by atoms with E-state index in [0.29, 0.717) is 27.4 Å². The molecule has 0 saturated heterocycles. The van der Waals surface area contributed by atoms with Crippen LogP contribution in [0.5, 0.6) is 5.75 Å². The average molecular weight is 340 g/mol. The number of rotatable bonds is 7. The first kappa shape index (κ1) is 17.4. The van der Waals surface area contributed by atoms with Gasteiger partial charge in [0.15, 0.2) is 6.61 Å². The number of ether oxygens (including phenoxy) is 1. The first-order valence-corrected chi connectivity index (χ1v) is 7.22. The van der Waals surface area contributed by atoms with E-state index in [2.05, 4.69) is 10.2 Å². The molecule has 112 valence electrons. The Balaban J connectivity index is 2.36. The van der Waals surface area contributed by atoms with Crippen molar-refractivity contribution in [2.75, 3.05) is 33.8 Å². The molecule has 0 bridgehead atoms. The van der Waals surface area contributed by atoms with E-state index in [1.165, 1.54) is 12.1 Å². The highest BCUT2D eigenvalue weighted by atomic mass is 35.5. The SMILES string of the molecule is CN(C)CCCNC(=O)COc1cc(Cl)c(Cl)cc1Cl. The molecular weight excluding hydrogens is 323 g/mol. The van der Waals surface area contributed by atoms with Crippen LogP contribution in [0.15, 0.2) is 12.1 Å². The van der Waals surface area contributed by atoms with Crippen molar-refractivity contribution in [1.29, 1.82) is 0 Å². The summed E-state index contributed by atoms with van der Waals surface area (Å²) in [7, 11) is 3.97. The molecule has 0 saturated carbocycles. The summed E-state index contributed by atoms with van der Waals surface area (Å²) in [4.78, 5) is 13.6. The third kappa shape index (κ3) is 6.18. The second-order valence-electron chi connectivity index (χ2n) is 4.49. The van der Waals surface area contributed by atoms with Crippen LogP contribution < -0.4 is 10.1 Å². The number of carbonyl (C=O) groups excluding carboxylic acids is 1. The van der Waals surface area contributed by atoms with Gasteiger partial charge in [0, 0.05) is 12.6 Å². The van der Waals surface area contributed by atoms with Crippen LogP contribution in [-0.2, 0) is 4.79 Å². The van der Waals surface area contributed by atoms with Crippen molar-refractivity contribution >= 4 is 40.7 Å². The number of nitrogens with zero attached hydrogens (tertiary/aromatic N) is 1. The van der Waals surface area contributed by atoms with E-state index in [-0.39, 0.29) is 12.5 Å². The smallest absolute Gasteiger partial charge is 0.257 e. The summed E-state index contributed by atoms with van der Waals surface area (Å²) in [5.74, 6) is 0.135. The Hall–Kier alpha value is -0.680. The standard InChI is InChI=1S/C13H17Cl3N2O2/c1-18(2)5-3-4-17-13(19)8-20-12-7-10(15)9(14)6-11(12)16/h6-7H,3-5,8H2,1-2H3,(H,17,19). The Labute approximate surface area is 133 Å². The Bertz CT molecular complexity index is 467.